The molecule has 0 rings (SSSR count). The topological polar surface area (TPSA) is 96.2 Å². The van der Waals surface area contributed by atoms with E-state index in [9.17, 15) is 14.4 Å². The van der Waals surface area contributed by atoms with Gasteiger partial charge in [-0.15, -0.1) is 0 Å². The quantitative estimate of drug-likeness (QED) is 0.476. The van der Waals surface area contributed by atoms with Gasteiger partial charge in [-0.05, 0) is 6.92 Å². The Bertz CT molecular complexity index is 285. The Morgan fingerprint density at radius 1 is 1.46 bits per heavy atom. The third-order valence-corrected chi connectivity index (χ3v) is 1.53. The molecular weight excluding hydrogens is 176 g/mol. The van der Waals surface area contributed by atoms with Crippen LogP contribution in [-0.2, 0) is 14.4 Å². The Hall–Kier alpha value is -1.77. The highest BCUT2D eigenvalue weighted by Crippen LogP contribution is 2.14. The molecule has 0 radical (unpaired) electrons. The Balaban J connectivity index is 4.50. The van der Waals surface area contributed by atoms with E-state index in [4.69, 9.17) is 5.11 Å². The first-order valence-corrected chi connectivity index (χ1v) is 3.43. The molecule has 0 fully saturated rings. The zero-order valence-electron chi connectivity index (χ0n) is 6.98. The highest BCUT2D eigenvalue weighted by molar-refractivity contribution is 5.79. The number of isocyanates is 2. The van der Waals surface area contributed by atoms with Gasteiger partial charge in [0.2, 0.25) is 12.2 Å². The number of carboxylic acids is 1. The SMILES string of the molecule is CC(CCN=C=O)(N=C=O)C(=O)O. The van der Waals surface area contributed by atoms with Crippen molar-refractivity contribution < 1.29 is 19.5 Å². The summed E-state index contributed by atoms with van der Waals surface area (Å²) in [6.45, 7) is 1.22. The molecule has 0 aliphatic heterocycles. The van der Waals surface area contributed by atoms with Crippen LogP contribution in [0.25, 0.3) is 0 Å². The van der Waals surface area contributed by atoms with Gasteiger partial charge in [0.1, 0.15) is 0 Å². The normalized spacial score (nSPS) is 13.3. The van der Waals surface area contributed by atoms with Crippen molar-refractivity contribution in [2.45, 2.75) is 18.9 Å². The molecule has 1 atom stereocenters. The van der Waals surface area contributed by atoms with Crippen LogP contribution in [0.3, 0.4) is 0 Å². The Morgan fingerprint density at radius 3 is 2.46 bits per heavy atom. The molecule has 0 spiro atoms. The number of hydrogen-bond donors (Lipinski definition) is 1. The molecule has 0 aromatic heterocycles. The van der Waals surface area contributed by atoms with Crippen molar-refractivity contribution in [3.63, 3.8) is 0 Å². The standard InChI is InChI=1S/C7H8N2O4/c1-7(6(12)13,9-5-11)2-3-8-4-10/h2-3H2,1H3,(H,12,13). The minimum atomic E-state index is -1.55. The van der Waals surface area contributed by atoms with E-state index in [0.29, 0.717) is 0 Å². The van der Waals surface area contributed by atoms with Gasteiger partial charge in [0.15, 0.2) is 5.54 Å². The van der Waals surface area contributed by atoms with Crippen LogP contribution in [-0.4, -0.2) is 35.3 Å². The maximum absolute atomic E-state index is 10.6. The molecule has 0 bridgehead atoms. The van der Waals surface area contributed by atoms with Crippen molar-refractivity contribution in [1.82, 2.24) is 0 Å². The molecule has 0 saturated carbocycles. The van der Waals surface area contributed by atoms with Crippen molar-refractivity contribution in [2.75, 3.05) is 6.54 Å². The summed E-state index contributed by atoms with van der Waals surface area (Å²) in [6, 6.07) is 0. The molecule has 6 heteroatoms. The highest BCUT2D eigenvalue weighted by atomic mass is 16.4. The second-order valence-corrected chi connectivity index (χ2v) is 2.51. The Kier molecular flexibility index (Phi) is 4.30. The number of carbonyl (C=O) groups excluding carboxylic acids is 2. The summed E-state index contributed by atoms with van der Waals surface area (Å²) in [4.78, 5) is 36.5. The largest absolute Gasteiger partial charge is 0.479 e. The van der Waals surface area contributed by atoms with E-state index in [2.05, 4.69) is 9.98 Å². The molecule has 0 aliphatic rings. The lowest BCUT2D eigenvalue weighted by molar-refractivity contribution is -0.142. The van der Waals surface area contributed by atoms with Gasteiger partial charge >= 0.3 is 5.97 Å². The number of carboxylic acid groups (broad SMARTS) is 1. The van der Waals surface area contributed by atoms with E-state index in [0.717, 1.165) is 0 Å². The van der Waals surface area contributed by atoms with Crippen molar-refractivity contribution in [1.29, 1.82) is 0 Å². The summed E-state index contributed by atoms with van der Waals surface area (Å²) in [6.07, 6.45) is 2.40. The predicted octanol–water partition coefficient (Wildman–Crippen LogP) is -0.109. The lowest BCUT2D eigenvalue weighted by Crippen LogP contribution is -2.33. The Morgan fingerprint density at radius 2 is 2.08 bits per heavy atom. The summed E-state index contributed by atoms with van der Waals surface area (Å²) >= 11 is 0. The van der Waals surface area contributed by atoms with E-state index < -0.39 is 11.5 Å². The number of aliphatic carboxylic acids is 1. The smallest absolute Gasteiger partial charge is 0.332 e. The van der Waals surface area contributed by atoms with Crippen LogP contribution in [0.1, 0.15) is 13.3 Å². The van der Waals surface area contributed by atoms with Crippen molar-refractivity contribution in [3.8, 4) is 0 Å². The van der Waals surface area contributed by atoms with Gasteiger partial charge in [-0.25, -0.2) is 19.4 Å². The first-order valence-electron chi connectivity index (χ1n) is 3.43. The van der Waals surface area contributed by atoms with Gasteiger partial charge in [0.25, 0.3) is 0 Å². The number of hydrogen-bond acceptors (Lipinski definition) is 5. The van der Waals surface area contributed by atoms with E-state index in [1.165, 1.54) is 19.1 Å². The van der Waals surface area contributed by atoms with Crippen molar-refractivity contribution >= 4 is 18.1 Å². The lowest BCUT2D eigenvalue weighted by atomic mass is 9.99. The van der Waals surface area contributed by atoms with Gasteiger partial charge in [0.05, 0.1) is 6.54 Å². The molecule has 6 nitrogen and oxygen atoms in total. The average Bonchev–Trinajstić information content (AvgIpc) is 2.05. The molecule has 0 aromatic carbocycles. The van der Waals surface area contributed by atoms with E-state index in [1.54, 1.807) is 0 Å². The second kappa shape index (κ2) is 4.98. The van der Waals surface area contributed by atoms with Crippen LogP contribution < -0.4 is 0 Å². The molecule has 0 aliphatic carbocycles. The molecule has 0 aromatic rings. The first-order chi connectivity index (χ1) is 6.06. The van der Waals surface area contributed by atoms with Crippen molar-refractivity contribution in [2.24, 2.45) is 9.98 Å². The molecule has 13 heavy (non-hydrogen) atoms. The van der Waals surface area contributed by atoms with Crippen LogP contribution in [0.4, 0.5) is 0 Å². The minimum absolute atomic E-state index is 0.0303. The monoisotopic (exact) mass is 184 g/mol. The molecule has 0 amide bonds. The zero-order chi connectivity index (χ0) is 10.3. The third-order valence-electron chi connectivity index (χ3n) is 1.53. The first kappa shape index (κ1) is 11.2. The third kappa shape index (κ3) is 3.42. The summed E-state index contributed by atoms with van der Waals surface area (Å²) in [7, 11) is 0. The molecule has 1 N–H and O–H groups in total. The zero-order valence-corrected chi connectivity index (χ0v) is 6.98. The summed E-state index contributed by atoms with van der Waals surface area (Å²) in [5.41, 5.74) is -1.55. The van der Waals surface area contributed by atoms with Gasteiger partial charge in [0, 0.05) is 6.42 Å². The van der Waals surface area contributed by atoms with Crippen LogP contribution in [0.5, 0.6) is 0 Å². The fourth-order valence-corrected chi connectivity index (χ4v) is 0.631. The minimum Gasteiger partial charge on any atom is -0.479 e. The average molecular weight is 184 g/mol. The van der Waals surface area contributed by atoms with Crippen LogP contribution in [0.2, 0.25) is 0 Å². The number of rotatable bonds is 5. The van der Waals surface area contributed by atoms with E-state index in [-0.39, 0.29) is 13.0 Å². The van der Waals surface area contributed by atoms with Gasteiger partial charge < -0.3 is 5.11 Å². The number of aliphatic imine (C=N–C) groups is 2. The van der Waals surface area contributed by atoms with Gasteiger partial charge in [-0.2, -0.15) is 4.99 Å². The Labute approximate surface area is 74.0 Å². The second-order valence-electron chi connectivity index (χ2n) is 2.51. The maximum Gasteiger partial charge on any atom is 0.332 e. The molecule has 0 heterocycles. The van der Waals surface area contributed by atoms with E-state index >= 15 is 0 Å². The summed E-state index contributed by atoms with van der Waals surface area (Å²) < 4.78 is 0. The van der Waals surface area contributed by atoms with Crippen LogP contribution in [0, 0.1) is 0 Å². The molecule has 70 valence electrons. The number of carbonyl (C=O) groups is 1. The highest BCUT2D eigenvalue weighted by Gasteiger charge is 2.32. The molecule has 0 saturated heterocycles. The van der Waals surface area contributed by atoms with Crippen LogP contribution >= 0.6 is 0 Å². The van der Waals surface area contributed by atoms with Gasteiger partial charge in [-0.1, -0.05) is 0 Å². The summed E-state index contributed by atoms with van der Waals surface area (Å²) in [5.74, 6) is -1.25. The van der Waals surface area contributed by atoms with E-state index in [1.807, 2.05) is 0 Å². The fourth-order valence-electron chi connectivity index (χ4n) is 0.631. The maximum atomic E-state index is 10.6. The molecule has 1 unspecified atom stereocenters. The fraction of sp³-hybridized carbons (Fsp3) is 0.571. The molecular formula is C7H8N2O4. The predicted molar refractivity (Wildman–Crippen MR) is 41.8 cm³/mol. The number of nitrogens with zero attached hydrogens (tertiary/aromatic N) is 2. The van der Waals surface area contributed by atoms with Gasteiger partial charge in [-0.3, -0.25) is 0 Å². The van der Waals surface area contributed by atoms with Crippen molar-refractivity contribution in [3.05, 3.63) is 0 Å². The summed E-state index contributed by atoms with van der Waals surface area (Å²) in [5, 5.41) is 8.65. The van der Waals surface area contributed by atoms with Crippen LogP contribution in [0.15, 0.2) is 9.98 Å². The lowest BCUT2D eigenvalue weighted by Gasteiger charge is -2.15.